The number of aliphatic carboxylic acids is 1. The Morgan fingerprint density at radius 3 is 2.70 bits per heavy atom. The number of nitrogens with one attached hydrogen (secondary N) is 1. The molecule has 0 saturated heterocycles. The minimum Gasteiger partial charge on any atom is -1.00 e. The van der Waals surface area contributed by atoms with Crippen LogP contribution in [-0.2, 0) is 14.3 Å². The Bertz CT molecular complexity index is 576. The number of benzene rings is 1. The second-order valence-electron chi connectivity index (χ2n) is 4.72. The zero-order valence-electron chi connectivity index (χ0n) is 12.1. The fraction of sp³-hybridized carbons (Fsp3) is 0.286. The molecule has 1 aromatic carbocycles. The zero-order chi connectivity index (χ0) is 13.4. The molecule has 1 aliphatic heterocycles. The van der Waals surface area contributed by atoms with Gasteiger partial charge in [0, 0.05) is 12.0 Å². The number of ketones is 1. The van der Waals surface area contributed by atoms with Crippen molar-refractivity contribution in [1.82, 2.24) is 5.32 Å². The summed E-state index contributed by atoms with van der Waals surface area (Å²) in [7, 11) is 0. The molecule has 0 radical (unpaired) electrons. The second-order valence-corrected chi connectivity index (χ2v) is 4.72. The molecule has 3 rings (SSSR count). The molecule has 0 bridgehead atoms. The van der Waals surface area contributed by atoms with Gasteiger partial charge in [-0.15, -0.1) is 0 Å². The van der Waals surface area contributed by atoms with Crippen LogP contribution < -0.4 is 34.9 Å². The summed E-state index contributed by atoms with van der Waals surface area (Å²) in [6.45, 7) is -0.188. The van der Waals surface area contributed by atoms with Gasteiger partial charge in [0.25, 0.3) is 0 Å². The number of ether oxygens (including phenoxy) is 1. The Labute approximate surface area is 139 Å². The maximum atomic E-state index is 11.4. The number of Topliss-reactive ketones (excluding diaryl/α,β-unsaturated/α-hetero) is 1. The molecule has 1 fully saturated rings. The van der Waals surface area contributed by atoms with Gasteiger partial charge in [0.1, 0.15) is 0 Å². The van der Waals surface area contributed by atoms with Crippen molar-refractivity contribution in [2.75, 3.05) is 6.61 Å². The largest absolute Gasteiger partial charge is 1.00 e. The van der Waals surface area contributed by atoms with Crippen LogP contribution in [-0.4, -0.2) is 29.5 Å². The van der Waals surface area contributed by atoms with E-state index in [4.69, 9.17) is 9.84 Å². The van der Waals surface area contributed by atoms with Crippen LogP contribution in [0.15, 0.2) is 41.8 Å². The van der Waals surface area contributed by atoms with Crippen molar-refractivity contribution < 1.29 is 50.4 Å². The minimum atomic E-state index is -1.23. The smallest absolute Gasteiger partial charge is 1.00 e. The van der Waals surface area contributed by atoms with Crippen molar-refractivity contribution in [3.63, 3.8) is 0 Å². The summed E-state index contributed by atoms with van der Waals surface area (Å²) in [6, 6.07) is 10.1. The third-order valence-electron chi connectivity index (χ3n) is 3.40. The maximum absolute atomic E-state index is 11.4. The molecule has 1 heterocycles. The van der Waals surface area contributed by atoms with Gasteiger partial charge in [0.15, 0.2) is 12.2 Å². The average Bonchev–Trinajstić information content (AvgIpc) is 3.06. The Morgan fingerprint density at radius 2 is 2.05 bits per heavy atom. The van der Waals surface area contributed by atoms with E-state index < -0.39 is 11.8 Å². The normalized spacial score (nSPS) is 23.9. The SMILES string of the molecule is O=C(O)C1=C(NC2CC2c2ccccc2)OCC1=O.[H-].[Na+]. The monoisotopic (exact) mass is 283 g/mol. The molecule has 1 aromatic rings. The van der Waals surface area contributed by atoms with Crippen molar-refractivity contribution in [2.45, 2.75) is 18.4 Å². The van der Waals surface area contributed by atoms with E-state index in [9.17, 15) is 9.59 Å². The summed E-state index contributed by atoms with van der Waals surface area (Å²) < 4.78 is 5.11. The molecule has 0 aromatic heterocycles. The summed E-state index contributed by atoms with van der Waals surface area (Å²) in [6.07, 6.45) is 0.915. The number of rotatable bonds is 4. The van der Waals surface area contributed by atoms with Crippen molar-refractivity contribution in [3.8, 4) is 0 Å². The minimum absolute atomic E-state index is 0. The van der Waals surface area contributed by atoms with Crippen LogP contribution in [0.3, 0.4) is 0 Å². The summed E-state index contributed by atoms with van der Waals surface area (Å²) >= 11 is 0. The number of hydrogen-bond donors (Lipinski definition) is 2. The fourth-order valence-electron chi connectivity index (χ4n) is 2.33. The first kappa shape index (κ1) is 15.1. The van der Waals surface area contributed by atoms with Gasteiger partial charge in [-0.05, 0) is 12.0 Å². The Kier molecular flexibility index (Phi) is 4.52. The molecular weight excluding hydrogens is 269 g/mol. The van der Waals surface area contributed by atoms with Gasteiger partial charge in [-0.3, -0.25) is 4.79 Å². The summed E-state index contributed by atoms with van der Waals surface area (Å²) in [5.41, 5.74) is 0.945. The van der Waals surface area contributed by atoms with Crippen LogP contribution in [0.5, 0.6) is 0 Å². The first-order valence-electron chi connectivity index (χ1n) is 6.12. The van der Waals surface area contributed by atoms with Crippen LogP contribution in [0.25, 0.3) is 0 Å². The third kappa shape index (κ3) is 2.90. The summed E-state index contributed by atoms with van der Waals surface area (Å²) in [5, 5.41) is 12.0. The number of carboxylic acids is 1. The third-order valence-corrected chi connectivity index (χ3v) is 3.40. The predicted octanol–water partition coefficient (Wildman–Crippen LogP) is -1.86. The predicted molar refractivity (Wildman–Crippen MR) is 67.5 cm³/mol. The first-order chi connectivity index (χ1) is 9.16. The topological polar surface area (TPSA) is 75.6 Å². The van der Waals surface area contributed by atoms with Crippen LogP contribution in [0.1, 0.15) is 19.3 Å². The van der Waals surface area contributed by atoms with Crippen molar-refractivity contribution >= 4 is 11.8 Å². The van der Waals surface area contributed by atoms with Crippen LogP contribution in [0.2, 0.25) is 0 Å². The van der Waals surface area contributed by atoms with E-state index in [-0.39, 0.29) is 55.1 Å². The molecule has 20 heavy (non-hydrogen) atoms. The van der Waals surface area contributed by atoms with Crippen molar-refractivity contribution in [3.05, 3.63) is 47.4 Å². The first-order valence-corrected chi connectivity index (χ1v) is 6.12. The van der Waals surface area contributed by atoms with Gasteiger partial charge in [-0.25, -0.2) is 4.79 Å². The number of hydrogen-bond acceptors (Lipinski definition) is 4. The van der Waals surface area contributed by atoms with Gasteiger partial charge in [0.2, 0.25) is 11.7 Å². The van der Waals surface area contributed by atoms with E-state index in [1.165, 1.54) is 5.56 Å². The van der Waals surface area contributed by atoms with Gasteiger partial charge in [-0.2, -0.15) is 0 Å². The maximum Gasteiger partial charge on any atom is 1.00 e. The van der Waals surface area contributed by atoms with Crippen molar-refractivity contribution in [2.24, 2.45) is 0 Å². The van der Waals surface area contributed by atoms with E-state index in [1.54, 1.807) is 0 Å². The molecular formula is C14H14NNaO4. The molecule has 100 valence electrons. The quantitative estimate of drug-likeness (QED) is 0.501. The van der Waals surface area contributed by atoms with E-state index in [1.807, 2.05) is 30.3 Å². The number of carbonyl (C=O) groups is 2. The zero-order valence-corrected chi connectivity index (χ0v) is 13.1. The van der Waals surface area contributed by atoms with Gasteiger partial charge < -0.3 is 16.6 Å². The van der Waals surface area contributed by atoms with E-state index in [0.29, 0.717) is 5.92 Å². The molecule has 2 N–H and O–H groups in total. The van der Waals surface area contributed by atoms with Gasteiger partial charge >= 0.3 is 35.5 Å². The molecule has 5 nitrogen and oxygen atoms in total. The van der Waals surface area contributed by atoms with E-state index in [0.717, 1.165) is 6.42 Å². The fourth-order valence-corrected chi connectivity index (χ4v) is 2.33. The second kappa shape index (κ2) is 5.99. The standard InChI is InChI=1S/C14H13NO4.Na.H/c16-11-7-19-13(12(11)14(17)18)15-10-6-9(10)8-4-2-1-3-5-8;;/h1-5,9-10,15H,6-7H2,(H,17,18);;/q;+1;-1. The number of carbonyl (C=O) groups excluding carboxylic acids is 1. The van der Waals surface area contributed by atoms with Gasteiger partial charge in [-0.1, -0.05) is 30.3 Å². The van der Waals surface area contributed by atoms with Crippen LogP contribution >= 0.6 is 0 Å². The molecule has 0 spiro atoms. The van der Waals surface area contributed by atoms with E-state index in [2.05, 4.69) is 5.32 Å². The molecule has 2 atom stereocenters. The van der Waals surface area contributed by atoms with Crippen molar-refractivity contribution in [1.29, 1.82) is 0 Å². The molecule has 6 heteroatoms. The average molecular weight is 283 g/mol. The Hall–Kier alpha value is -1.30. The molecule has 1 aliphatic carbocycles. The van der Waals surface area contributed by atoms with E-state index >= 15 is 0 Å². The van der Waals surface area contributed by atoms with Crippen LogP contribution in [0.4, 0.5) is 0 Å². The molecule has 2 unspecified atom stereocenters. The summed E-state index contributed by atoms with van der Waals surface area (Å²) in [5.74, 6) is -1.25. The Morgan fingerprint density at radius 1 is 1.35 bits per heavy atom. The molecule has 1 saturated carbocycles. The summed E-state index contributed by atoms with van der Waals surface area (Å²) in [4.78, 5) is 22.4. The van der Waals surface area contributed by atoms with Crippen LogP contribution in [0, 0.1) is 0 Å². The molecule has 2 aliphatic rings. The number of carboxylic acid groups (broad SMARTS) is 1. The molecule has 0 amide bonds. The Balaban J connectivity index is 0.00000110. The van der Waals surface area contributed by atoms with Gasteiger partial charge in [0.05, 0.1) is 0 Å².